The first-order valence-corrected chi connectivity index (χ1v) is 14.3. The SMILES string of the molecule is CCOc1cc(C2c3sc(=O)[nH]c3SC3C4CC(C5C(=O)N(C(C(=O)O)C(C)C)C(=O)C45)C23)ccc1O. The number of benzene rings is 1. The Morgan fingerprint density at radius 3 is 2.54 bits per heavy atom. The Hall–Kier alpha value is -2.79. The number of carbonyl (C=O) groups is 3. The Morgan fingerprint density at radius 1 is 1.19 bits per heavy atom. The van der Waals surface area contributed by atoms with Gasteiger partial charge in [0.1, 0.15) is 6.04 Å². The fourth-order valence-electron chi connectivity index (χ4n) is 7.38. The second-order valence-corrected chi connectivity index (χ2v) is 12.9. The van der Waals surface area contributed by atoms with Gasteiger partial charge in [0.25, 0.3) is 0 Å². The molecule has 3 heterocycles. The highest BCUT2D eigenvalue weighted by atomic mass is 32.2. The van der Waals surface area contributed by atoms with Gasteiger partial charge in [-0.05, 0) is 54.7 Å². The largest absolute Gasteiger partial charge is 0.504 e. The summed E-state index contributed by atoms with van der Waals surface area (Å²) >= 11 is 2.74. The Morgan fingerprint density at radius 2 is 1.89 bits per heavy atom. The van der Waals surface area contributed by atoms with Crippen LogP contribution in [-0.4, -0.2) is 55.8 Å². The molecule has 8 unspecified atom stereocenters. The zero-order valence-electron chi connectivity index (χ0n) is 20.5. The second kappa shape index (κ2) is 8.62. The van der Waals surface area contributed by atoms with Gasteiger partial charge in [0.2, 0.25) is 11.8 Å². The molecule has 37 heavy (non-hydrogen) atoms. The number of thioether (sulfide) groups is 1. The van der Waals surface area contributed by atoms with Crippen molar-refractivity contribution in [3.63, 3.8) is 0 Å². The number of hydrogen-bond acceptors (Lipinski definition) is 8. The molecule has 0 spiro atoms. The summed E-state index contributed by atoms with van der Waals surface area (Å²) in [7, 11) is 0. The summed E-state index contributed by atoms with van der Waals surface area (Å²) in [5, 5.41) is 20.9. The summed E-state index contributed by atoms with van der Waals surface area (Å²) in [6.45, 7) is 5.64. The number of H-pyrrole nitrogens is 1. The number of thiazole rings is 1. The molecular formula is C26H28N2O7S2. The third-order valence-electron chi connectivity index (χ3n) is 8.56. The zero-order valence-corrected chi connectivity index (χ0v) is 22.2. The van der Waals surface area contributed by atoms with Crippen molar-refractivity contribution in [2.75, 3.05) is 6.61 Å². The lowest BCUT2D eigenvalue weighted by molar-refractivity contribution is -0.157. The molecule has 3 N–H and O–H groups in total. The van der Waals surface area contributed by atoms with E-state index in [9.17, 15) is 29.4 Å². The fourth-order valence-corrected chi connectivity index (χ4v) is 10.3. The van der Waals surface area contributed by atoms with Gasteiger partial charge >= 0.3 is 10.8 Å². The Kier molecular flexibility index (Phi) is 5.72. The van der Waals surface area contributed by atoms with Crippen LogP contribution in [0.5, 0.6) is 11.5 Å². The number of carbonyl (C=O) groups excluding carboxylic acids is 2. The van der Waals surface area contributed by atoms with Gasteiger partial charge in [-0.2, -0.15) is 0 Å². The van der Waals surface area contributed by atoms with Crippen molar-refractivity contribution >= 4 is 40.9 Å². The van der Waals surface area contributed by atoms with Crippen molar-refractivity contribution in [1.82, 2.24) is 9.88 Å². The third kappa shape index (κ3) is 3.42. The number of fused-ring (bicyclic) bond motifs is 9. The quantitative estimate of drug-likeness (QED) is 0.472. The van der Waals surface area contributed by atoms with E-state index < -0.39 is 29.8 Å². The highest BCUT2D eigenvalue weighted by Crippen LogP contribution is 2.68. The van der Waals surface area contributed by atoms with E-state index in [0.717, 1.165) is 31.7 Å². The average molecular weight is 545 g/mol. The first-order valence-electron chi connectivity index (χ1n) is 12.6. The lowest BCUT2D eigenvalue weighted by atomic mass is 9.68. The number of hydrogen-bond donors (Lipinski definition) is 3. The van der Waals surface area contributed by atoms with E-state index >= 15 is 0 Å². The van der Waals surface area contributed by atoms with Crippen LogP contribution in [-0.2, 0) is 14.4 Å². The molecule has 8 atom stereocenters. The van der Waals surface area contributed by atoms with Crippen molar-refractivity contribution in [2.45, 2.75) is 49.4 Å². The third-order valence-corrected chi connectivity index (χ3v) is 11.2. The van der Waals surface area contributed by atoms with Crippen molar-refractivity contribution < 1.29 is 29.3 Å². The maximum Gasteiger partial charge on any atom is 0.327 e. The highest BCUT2D eigenvalue weighted by Gasteiger charge is 2.70. The smallest absolute Gasteiger partial charge is 0.327 e. The molecule has 2 bridgehead atoms. The lowest BCUT2D eigenvalue weighted by Gasteiger charge is -2.43. The van der Waals surface area contributed by atoms with Crippen LogP contribution in [0.25, 0.3) is 0 Å². The number of amides is 2. The molecule has 3 fully saturated rings. The molecular weight excluding hydrogens is 516 g/mol. The molecule has 1 aromatic carbocycles. The van der Waals surface area contributed by atoms with E-state index in [4.69, 9.17) is 4.74 Å². The Balaban J connectivity index is 1.44. The van der Waals surface area contributed by atoms with Crippen LogP contribution in [0, 0.1) is 35.5 Å². The number of aromatic nitrogens is 1. The number of phenolic OH excluding ortho intramolecular Hbond substituents is 1. The molecule has 2 aliphatic heterocycles. The maximum absolute atomic E-state index is 13.7. The minimum atomic E-state index is -1.18. The monoisotopic (exact) mass is 544 g/mol. The number of carboxylic acids is 1. The Bertz CT molecular complexity index is 1370. The van der Waals surface area contributed by atoms with E-state index in [0.29, 0.717) is 18.8 Å². The number of phenols is 1. The number of nitrogens with zero attached hydrogens (tertiary/aromatic N) is 1. The van der Waals surface area contributed by atoms with Crippen molar-refractivity contribution in [3.05, 3.63) is 38.3 Å². The zero-order chi connectivity index (χ0) is 26.3. The summed E-state index contributed by atoms with van der Waals surface area (Å²) in [5.74, 6) is -3.44. The topological polar surface area (TPSA) is 137 Å². The highest BCUT2D eigenvalue weighted by molar-refractivity contribution is 8.00. The predicted molar refractivity (Wildman–Crippen MR) is 136 cm³/mol. The minimum Gasteiger partial charge on any atom is -0.504 e. The summed E-state index contributed by atoms with van der Waals surface area (Å²) < 4.78 is 5.64. The van der Waals surface area contributed by atoms with E-state index in [2.05, 4.69) is 4.98 Å². The molecule has 0 radical (unpaired) electrons. The van der Waals surface area contributed by atoms with E-state index in [-0.39, 0.29) is 51.4 Å². The molecule has 9 nitrogen and oxygen atoms in total. The fraction of sp³-hybridized carbons (Fsp3) is 0.538. The van der Waals surface area contributed by atoms with Crippen LogP contribution >= 0.6 is 23.1 Å². The van der Waals surface area contributed by atoms with Gasteiger partial charge < -0.3 is 19.9 Å². The number of likely N-dealkylation sites (tertiary alicyclic amines) is 1. The molecule has 1 aromatic heterocycles. The number of nitrogens with one attached hydrogen (secondary N) is 1. The summed E-state index contributed by atoms with van der Waals surface area (Å²) in [4.78, 5) is 56.5. The molecule has 6 rings (SSSR count). The molecule has 4 aliphatic rings. The number of rotatable bonds is 6. The minimum absolute atomic E-state index is 0.00243. The molecule has 11 heteroatoms. The molecule has 2 amide bonds. The van der Waals surface area contributed by atoms with E-state index in [1.807, 2.05) is 13.0 Å². The summed E-state index contributed by atoms with van der Waals surface area (Å²) in [6, 6.07) is 4.05. The standard InChI is InChI=1S/C26H28N2O7S2/c1-4-35-14-7-10(5-6-13(14)29)15-16-11-8-12(20(16)36-22-21(15)37-26(34)27-22)18-17(11)23(30)28(24(18)31)19(9(2)3)25(32)33/h5-7,9,11-12,15-20,29H,4,8H2,1-3H3,(H,27,34)(H,32,33). The molecule has 196 valence electrons. The first-order chi connectivity index (χ1) is 17.6. The number of aromatic hydroxyl groups is 1. The average Bonchev–Trinajstić information content (AvgIpc) is 3.56. The van der Waals surface area contributed by atoms with Crippen LogP contribution < -0.4 is 9.61 Å². The van der Waals surface area contributed by atoms with Gasteiger partial charge in [-0.3, -0.25) is 19.3 Å². The second-order valence-electron chi connectivity index (χ2n) is 10.7. The van der Waals surface area contributed by atoms with Gasteiger partial charge in [0, 0.05) is 16.0 Å². The van der Waals surface area contributed by atoms with Crippen molar-refractivity contribution in [3.8, 4) is 11.5 Å². The lowest BCUT2D eigenvalue weighted by Crippen LogP contribution is -2.49. The van der Waals surface area contributed by atoms with Gasteiger partial charge in [0.15, 0.2) is 11.5 Å². The molecule has 2 aromatic rings. The summed E-state index contributed by atoms with van der Waals surface area (Å²) in [5.41, 5.74) is 0.886. The van der Waals surface area contributed by atoms with Crippen molar-refractivity contribution in [1.29, 1.82) is 0 Å². The van der Waals surface area contributed by atoms with Gasteiger partial charge in [-0.15, -0.1) is 11.8 Å². The Labute approximate surface area is 221 Å². The van der Waals surface area contributed by atoms with Crippen LogP contribution in [0.15, 0.2) is 28.0 Å². The molecule has 2 saturated carbocycles. The van der Waals surface area contributed by atoms with Crippen LogP contribution in [0.4, 0.5) is 0 Å². The van der Waals surface area contributed by atoms with E-state index in [1.54, 1.807) is 37.7 Å². The predicted octanol–water partition coefficient (Wildman–Crippen LogP) is 3.12. The van der Waals surface area contributed by atoms with Crippen LogP contribution in [0.1, 0.15) is 43.6 Å². The molecule has 2 aliphatic carbocycles. The van der Waals surface area contributed by atoms with Gasteiger partial charge in [-0.1, -0.05) is 31.3 Å². The maximum atomic E-state index is 13.7. The number of ether oxygens (including phenoxy) is 1. The van der Waals surface area contributed by atoms with Crippen LogP contribution in [0.2, 0.25) is 0 Å². The number of aromatic amines is 1. The molecule has 1 saturated heterocycles. The number of imide groups is 1. The van der Waals surface area contributed by atoms with Gasteiger partial charge in [0.05, 0.1) is 23.5 Å². The first kappa shape index (κ1) is 24.5. The number of aliphatic carboxylic acids is 1. The van der Waals surface area contributed by atoms with Gasteiger partial charge in [-0.25, -0.2) is 4.79 Å². The summed E-state index contributed by atoms with van der Waals surface area (Å²) in [6.07, 6.45) is 0.717. The van der Waals surface area contributed by atoms with E-state index in [1.165, 1.54) is 0 Å². The normalized spacial score (nSPS) is 32.4. The van der Waals surface area contributed by atoms with Crippen molar-refractivity contribution in [2.24, 2.45) is 35.5 Å². The van der Waals surface area contributed by atoms with Crippen LogP contribution in [0.3, 0.4) is 0 Å². The number of carboxylic acid groups (broad SMARTS) is 1.